The second-order valence-corrected chi connectivity index (χ2v) is 10.9. The van der Waals surface area contributed by atoms with E-state index in [9.17, 15) is 18.3 Å². The van der Waals surface area contributed by atoms with Crippen molar-refractivity contribution in [3.05, 3.63) is 65.7 Å². The molecule has 30 heavy (non-hydrogen) atoms. The van der Waals surface area contributed by atoms with E-state index in [1.807, 2.05) is 42.5 Å². The van der Waals surface area contributed by atoms with Gasteiger partial charge in [0.05, 0.1) is 4.90 Å². The van der Waals surface area contributed by atoms with Gasteiger partial charge in [-0.3, -0.25) is 4.79 Å². The predicted molar refractivity (Wildman–Crippen MR) is 116 cm³/mol. The van der Waals surface area contributed by atoms with Crippen LogP contribution in [0.2, 0.25) is 0 Å². The lowest BCUT2D eigenvalue weighted by molar-refractivity contribution is -0.140. The van der Waals surface area contributed by atoms with E-state index < -0.39 is 26.9 Å². The number of hydrogen-bond acceptors (Lipinski definition) is 3. The maximum absolute atomic E-state index is 13.1. The van der Waals surface area contributed by atoms with Gasteiger partial charge in [0.1, 0.15) is 5.54 Å². The Kier molecular flexibility index (Phi) is 5.27. The molecule has 0 amide bonds. The Hall–Kier alpha value is -2.18. The van der Waals surface area contributed by atoms with Crippen LogP contribution in [0.15, 0.2) is 59.5 Å². The summed E-state index contributed by atoms with van der Waals surface area (Å²) in [7, 11) is -3.97. The van der Waals surface area contributed by atoms with E-state index in [4.69, 9.17) is 0 Å². The lowest BCUT2D eigenvalue weighted by atomic mass is 9.79. The van der Waals surface area contributed by atoms with E-state index in [2.05, 4.69) is 11.6 Å². The molecule has 2 saturated carbocycles. The van der Waals surface area contributed by atoms with Crippen molar-refractivity contribution < 1.29 is 18.3 Å². The lowest BCUT2D eigenvalue weighted by Crippen LogP contribution is -2.48. The number of carboxylic acid groups (broad SMARTS) is 1. The Morgan fingerprint density at radius 2 is 1.60 bits per heavy atom. The zero-order chi connectivity index (χ0) is 21.6. The van der Waals surface area contributed by atoms with Crippen LogP contribution in [-0.4, -0.2) is 25.0 Å². The molecule has 2 aliphatic rings. The molecule has 2 aromatic carbocycles. The number of benzene rings is 2. The number of nitrogens with one attached hydrogen (secondary N) is 1. The second-order valence-electron chi connectivity index (χ2n) is 9.22. The van der Waals surface area contributed by atoms with Crippen LogP contribution in [-0.2, 0) is 20.2 Å². The van der Waals surface area contributed by atoms with Crippen molar-refractivity contribution in [2.45, 2.75) is 67.7 Å². The molecule has 0 aliphatic heterocycles. The second kappa shape index (κ2) is 7.50. The van der Waals surface area contributed by atoms with Gasteiger partial charge in [0.2, 0.25) is 10.0 Å². The minimum atomic E-state index is -3.97. The molecule has 0 bridgehead atoms. The van der Waals surface area contributed by atoms with E-state index in [1.165, 1.54) is 12.8 Å². The van der Waals surface area contributed by atoms with Gasteiger partial charge in [-0.25, -0.2) is 8.42 Å². The number of sulfonamides is 1. The zero-order valence-electron chi connectivity index (χ0n) is 17.5. The molecule has 2 atom stereocenters. The van der Waals surface area contributed by atoms with Crippen LogP contribution in [0.4, 0.5) is 0 Å². The monoisotopic (exact) mass is 427 g/mol. The van der Waals surface area contributed by atoms with Gasteiger partial charge in [0.15, 0.2) is 0 Å². The maximum atomic E-state index is 13.1. The summed E-state index contributed by atoms with van der Waals surface area (Å²) < 4.78 is 28.7. The molecule has 2 N–H and O–H groups in total. The van der Waals surface area contributed by atoms with Gasteiger partial charge < -0.3 is 5.11 Å². The highest BCUT2D eigenvalue weighted by atomic mass is 32.2. The summed E-state index contributed by atoms with van der Waals surface area (Å²) >= 11 is 0. The molecule has 2 aromatic rings. The van der Waals surface area contributed by atoms with Gasteiger partial charge in [-0.05, 0) is 54.4 Å². The van der Waals surface area contributed by atoms with E-state index in [0.717, 1.165) is 29.9 Å². The third kappa shape index (κ3) is 3.56. The Labute approximate surface area is 178 Å². The highest BCUT2D eigenvalue weighted by Gasteiger charge is 2.72. The number of carboxylic acids is 1. The summed E-state index contributed by atoms with van der Waals surface area (Å²) in [6.07, 6.45) is 4.88. The summed E-state index contributed by atoms with van der Waals surface area (Å²) in [6.45, 7) is 4.07. The number of hydrogen-bond donors (Lipinski definition) is 2. The topological polar surface area (TPSA) is 83.5 Å². The van der Waals surface area contributed by atoms with Gasteiger partial charge in [-0.15, -0.1) is 0 Å². The molecular formula is C24H29NO4S. The van der Waals surface area contributed by atoms with E-state index >= 15 is 0 Å². The van der Waals surface area contributed by atoms with Gasteiger partial charge in [0.25, 0.3) is 0 Å². The standard InChI is InChI=1S/C24H29NO4S/c1-17-8-10-18(11-9-17)19-12-14-21(15-13-19)30(28,29)25-24(22(26)27)16-23(24,2)20-6-4-3-5-7-20/h3-7,12-15,17-18,25H,8-11,16H2,1-2H3,(H,26,27)/t17?,18?,23-,24-/m1/s1. The van der Waals surface area contributed by atoms with Crippen LogP contribution in [0.1, 0.15) is 63.0 Å². The number of aliphatic carboxylic acids is 1. The number of carbonyl (C=O) groups is 1. The summed E-state index contributed by atoms with van der Waals surface area (Å²) in [5.74, 6) is 0.0845. The van der Waals surface area contributed by atoms with Crippen LogP contribution >= 0.6 is 0 Å². The normalized spacial score (nSPS) is 31.3. The Morgan fingerprint density at radius 3 is 2.17 bits per heavy atom. The van der Waals surface area contributed by atoms with Crippen LogP contribution in [0.5, 0.6) is 0 Å². The Balaban J connectivity index is 1.56. The molecule has 2 fully saturated rings. The van der Waals surface area contributed by atoms with Gasteiger partial charge in [-0.2, -0.15) is 4.72 Å². The quantitative estimate of drug-likeness (QED) is 0.714. The van der Waals surface area contributed by atoms with Crippen molar-refractivity contribution in [1.82, 2.24) is 4.72 Å². The van der Waals surface area contributed by atoms with Crippen LogP contribution in [0, 0.1) is 5.92 Å². The molecule has 160 valence electrons. The van der Waals surface area contributed by atoms with Crippen LogP contribution < -0.4 is 4.72 Å². The first-order valence-electron chi connectivity index (χ1n) is 10.6. The first-order valence-corrected chi connectivity index (χ1v) is 12.1. The highest BCUT2D eigenvalue weighted by molar-refractivity contribution is 7.89. The van der Waals surface area contributed by atoms with Crippen LogP contribution in [0.3, 0.4) is 0 Å². The molecule has 0 unspecified atom stereocenters. The lowest BCUT2D eigenvalue weighted by Gasteiger charge is -2.26. The third-order valence-electron chi connectivity index (χ3n) is 7.20. The average Bonchev–Trinajstić information content (AvgIpc) is 3.35. The average molecular weight is 428 g/mol. The molecule has 0 heterocycles. The summed E-state index contributed by atoms with van der Waals surface area (Å²) in [5, 5.41) is 9.92. The van der Waals surface area contributed by atoms with E-state index in [1.54, 1.807) is 19.1 Å². The fourth-order valence-electron chi connectivity index (χ4n) is 4.95. The molecule has 2 aliphatic carbocycles. The van der Waals surface area contributed by atoms with Crippen LogP contribution in [0.25, 0.3) is 0 Å². The molecule has 0 radical (unpaired) electrons. The van der Waals surface area contributed by atoms with Crippen molar-refractivity contribution in [2.24, 2.45) is 5.92 Å². The minimum Gasteiger partial charge on any atom is -0.480 e. The molecular weight excluding hydrogens is 398 g/mol. The molecule has 4 rings (SSSR count). The predicted octanol–water partition coefficient (Wildman–Crippen LogP) is 4.44. The SMILES string of the molecule is CC1CCC(c2ccc(S(=O)(=O)N[C@@]3(C(=O)O)C[C@]3(C)c3ccccc3)cc2)CC1. The first-order chi connectivity index (χ1) is 14.2. The minimum absolute atomic E-state index is 0.110. The maximum Gasteiger partial charge on any atom is 0.325 e. The largest absolute Gasteiger partial charge is 0.480 e. The third-order valence-corrected chi connectivity index (χ3v) is 8.71. The van der Waals surface area contributed by atoms with E-state index in [0.29, 0.717) is 5.92 Å². The molecule has 5 nitrogen and oxygen atoms in total. The fourth-order valence-corrected chi connectivity index (χ4v) is 6.40. The molecule has 6 heteroatoms. The van der Waals surface area contributed by atoms with E-state index in [-0.39, 0.29) is 11.3 Å². The van der Waals surface area contributed by atoms with Gasteiger partial charge in [-0.1, -0.05) is 69.2 Å². The fraction of sp³-hybridized carbons (Fsp3) is 0.458. The Morgan fingerprint density at radius 1 is 1.00 bits per heavy atom. The van der Waals surface area contributed by atoms with Crippen molar-refractivity contribution in [2.75, 3.05) is 0 Å². The highest BCUT2D eigenvalue weighted by Crippen LogP contribution is 2.58. The first kappa shape index (κ1) is 21.1. The van der Waals surface area contributed by atoms with Crippen molar-refractivity contribution >= 4 is 16.0 Å². The summed E-state index contributed by atoms with van der Waals surface area (Å²) in [6, 6.07) is 16.2. The van der Waals surface area contributed by atoms with Gasteiger partial charge in [0, 0.05) is 5.41 Å². The smallest absolute Gasteiger partial charge is 0.325 e. The molecule has 0 spiro atoms. The summed E-state index contributed by atoms with van der Waals surface area (Å²) in [5.41, 5.74) is -0.344. The van der Waals surface area contributed by atoms with Crippen molar-refractivity contribution in [3.63, 3.8) is 0 Å². The zero-order valence-corrected chi connectivity index (χ0v) is 18.3. The summed E-state index contributed by atoms with van der Waals surface area (Å²) in [4.78, 5) is 12.3. The van der Waals surface area contributed by atoms with Crippen molar-refractivity contribution in [3.8, 4) is 0 Å². The molecule has 0 saturated heterocycles. The Bertz CT molecular complexity index is 1030. The number of rotatable bonds is 6. The molecule has 0 aromatic heterocycles. The van der Waals surface area contributed by atoms with Gasteiger partial charge >= 0.3 is 5.97 Å². The van der Waals surface area contributed by atoms with Crippen molar-refractivity contribution in [1.29, 1.82) is 0 Å².